The second-order valence-corrected chi connectivity index (χ2v) is 9.14. The molecule has 5 heteroatoms. The standard InChI is InChI=1S/C27H33F5/c1-3-5-6-7-17-8-10-19(11-9-17)23-22(28)16-21(26(31)27(23)32)15-14-20-13-12-18(4-2)24(29)25(20)30/h12-13,16-17,19H,3-11,14-15H2,1-2H3. The Balaban J connectivity index is 1.69. The van der Waals surface area contributed by atoms with Crippen molar-refractivity contribution in [3.05, 3.63) is 69.5 Å². The Morgan fingerprint density at radius 3 is 1.97 bits per heavy atom. The molecule has 0 N–H and O–H groups in total. The molecule has 2 aromatic carbocycles. The van der Waals surface area contributed by atoms with Crippen LogP contribution in [0, 0.1) is 35.0 Å². The smallest absolute Gasteiger partial charge is 0.165 e. The Hall–Kier alpha value is -1.91. The molecule has 0 heterocycles. The zero-order valence-corrected chi connectivity index (χ0v) is 19.1. The van der Waals surface area contributed by atoms with Crippen LogP contribution in [0.25, 0.3) is 0 Å². The first kappa shape index (κ1) is 24.7. The molecule has 1 aliphatic carbocycles. The largest absolute Gasteiger partial charge is 0.207 e. The second-order valence-electron chi connectivity index (χ2n) is 9.14. The van der Waals surface area contributed by atoms with Crippen LogP contribution >= 0.6 is 0 Å². The summed E-state index contributed by atoms with van der Waals surface area (Å²) >= 11 is 0. The summed E-state index contributed by atoms with van der Waals surface area (Å²) in [4.78, 5) is 0. The molecule has 1 fully saturated rings. The molecule has 0 spiro atoms. The highest BCUT2D eigenvalue weighted by Crippen LogP contribution is 2.40. The molecule has 0 aromatic heterocycles. The minimum atomic E-state index is -1.12. The molecular formula is C27H33F5. The van der Waals surface area contributed by atoms with Crippen molar-refractivity contribution in [1.29, 1.82) is 0 Å². The fourth-order valence-corrected chi connectivity index (χ4v) is 5.00. The van der Waals surface area contributed by atoms with E-state index in [1.807, 2.05) is 0 Å². The third-order valence-electron chi connectivity index (χ3n) is 7.03. The maximum Gasteiger partial charge on any atom is 0.165 e. The van der Waals surface area contributed by atoms with Crippen molar-refractivity contribution >= 4 is 0 Å². The number of unbranched alkanes of at least 4 members (excludes halogenated alkanes) is 2. The molecule has 0 nitrogen and oxygen atoms in total. The molecule has 0 saturated heterocycles. The molecule has 1 aliphatic rings. The predicted molar refractivity (Wildman–Crippen MR) is 118 cm³/mol. The van der Waals surface area contributed by atoms with E-state index < -0.39 is 29.1 Å². The molecule has 0 bridgehead atoms. The molecule has 3 rings (SSSR count). The van der Waals surface area contributed by atoms with Crippen LogP contribution < -0.4 is 0 Å². The van der Waals surface area contributed by atoms with E-state index in [-0.39, 0.29) is 41.0 Å². The van der Waals surface area contributed by atoms with E-state index in [0.717, 1.165) is 25.3 Å². The van der Waals surface area contributed by atoms with E-state index in [0.29, 0.717) is 25.2 Å². The monoisotopic (exact) mass is 452 g/mol. The summed E-state index contributed by atoms with van der Waals surface area (Å²) < 4.78 is 72.7. The number of rotatable bonds is 9. The van der Waals surface area contributed by atoms with Gasteiger partial charge in [0.25, 0.3) is 0 Å². The summed E-state index contributed by atoms with van der Waals surface area (Å²) in [5.74, 6) is -4.54. The van der Waals surface area contributed by atoms with Gasteiger partial charge in [0.1, 0.15) is 5.82 Å². The van der Waals surface area contributed by atoms with Crippen molar-refractivity contribution < 1.29 is 22.0 Å². The zero-order valence-electron chi connectivity index (χ0n) is 19.1. The molecule has 0 amide bonds. The lowest BCUT2D eigenvalue weighted by atomic mass is 9.76. The first-order chi connectivity index (χ1) is 15.4. The van der Waals surface area contributed by atoms with Crippen molar-refractivity contribution in [2.24, 2.45) is 5.92 Å². The van der Waals surface area contributed by atoms with Crippen molar-refractivity contribution in [1.82, 2.24) is 0 Å². The van der Waals surface area contributed by atoms with Crippen LogP contribution in [0.3, 0.4) is 0 Å². The van der Waals surface area contributed by atoms with Gasteiger partial charge >= 0.3 is 0 Å². The van der Waals surface area contributed by atoms with Gasteiger partial charge in [-0.25, -0.2) is 22.0 Å². The number of hydrogen-bond donors (Lipinski definition) is 0. The number of aryl methyl sites for hydroxylation is 3. The Kier molecular flexibility index (Phi) is 8.72. The number of benzene rings is 2. The summed E-state index contributed by atoms with van der Waals surface area (Å²) in [6, 6.07) is 3.98. The minimum Gasteiger partial charge on any atom is -0.207 e. The van der Waals surface area contributed by atoms with Gasteiger partial charge in [0, 0.05) is 5.56 Å². The van der Waals surface area contributed by atoms with Gasteiger partial charge in [-0.15, -0.1) is 0 Å². The van der Waals surface area contributed by atoms with E-state index in [4.69, 9.17) is 0 Å². The Labute approximate surface area is 188 Å². The van der Waals surface area contributed by atoms with Crippen molar-refractivity contribution in [3.8, 4) is 0 Å². The summed E-state index contributed by atoms with van der Waals surface area (Å²) in [7, 11) is 0. The Morgan fingerprint density at radius 2 is 1.31 bits per heavy atom. The molecular weight excluding hydrogens is 419 g/mol. The zero-order chi connectivity index (χ0) is 23.3. The van der Waals surface area contributed by atoms with Crippen LogP contribution in [0.4, 0.5) is 22.0 Å². The highest BCUT2D eigenvalue weighted by molar-refractivity contribution is 5.33. The molecule has 0 radical (unpaired) electrons. The molecule has 0 unspecified atom stereocenters. The van der Waals surface area contributed by atoms with Gasteiger partial charge in [0.15, 0.2) is 23.3 Å². The second kappa shape index (κ2) is 11.3. The molecule has 0 atom stereocenters. The topological polar surface area (TPSA) is 0 Å². The fraction of sp³-hybridized carbons (Fsp3) is 0.556. The van der Waals surface area contributed by atoms with Crippen LogP contribution in [-0.4, -0.2) is 0 Å². The van der Waals surface area contributed by atoms with E-state index >= 15 is 0 Å². The van der Waals surface area contributed by atoms with Crippen LogP contribution in [-0.2, 0) is 19.3 Å². The van der Waals surface area contributed by atoms with E-state index in [1.165, 1.54) is 31.4 Å². The van der Waals surface area contributed by atoms with Crippen LogP contribution in [0.2, 0.25) is 0 Å². The van der Waals surface area contributed by atoms with Gasteiger partial charge in [0.05, 0.1) is 0 Å². The minimum absolute atomic E-state index is 0.0369. The van der Waals surface area contributed by atoms with Crippen LogP contribution in [0.15, 0.2) is 18.2 Å². The maximum atomic E-state index is 14.9. The predicted octanol–water partition coefficient (Wildman–Crippen LogP) is 8.58. The first-order valence-electron chi connectivity index (χ1n) is 12.0. The number of halogens is 5. The summed E-state index contributed by atoms with van der Waals surface area (Å²) in [5, 5.41) is 0. The van der Waals surface area contributed by atoms with Gasteiger partial charge in [0.2, 0.25) is 0 Å². The van der Waals surface area contributed by atoms with Gasteiger partial charge in [-0.1, -0.05) is 51.7 Å². The quantitative estimate of drug-likeness (QED) is 0.203. The van der Waals surface area contributed by atoms with Gasteiger partial charge in [-0.05, 0) is 79.5 Å². The summed E-state index contributed by atoms with van der Waals surface area (Å²) in [6.07, 6.45) is 8.07. The van der Waals surface area contributed by atoms with E-state index in [2.05, 4.69) is 6.92 Å². The highest BCUT2D eigenvalue weighted by atomic mass is 19.2. The third kappa shape index (κ3) is 5.52. The summed E-state index contributed by atoms with van der Waals surface area (Å²) in [6.45, 7) is 3.89. The lowest BCUT2D eigenvalue weighted by Gasteiger charge is -2.29. The molecule has 176 valence electrons. The molecule has 32 heavy (non-hydrogen) atoms. The van der Waals surface area contributed by atoms with Gasteiger partial charge in [-0.2, -0.15) is 0 Å². The number of hydrogen-bond acceptors (Lipinski definition) is 0. The Bertz CT molecular complexity index is 913. The van der Waals surface area contributed by atoms with Gasteiger partial charge in [-0.3, -0.25) is 0 Å². The lowest BCUT2D eigenvalue weighted by Crippen LogP contribution is -2.17. The molecule has 0 aliphatic heterocycles. The molecule has 2 aromatic rings. The summed E-state index contributed by atoms with van der Waals surface area (Å²) in [5.41, 5.74) is 0.0449. The Morgan fingerprint density at radius 1 is 0.719 bits per heavy atom. The lowest BCUT2D eigenvalue weighted by molar-refractivity contribution is 0.293. The normalized spacial score (nSPS) is 18.8. The SMILES string of the molecule is CCCCCC1CCC(c2c(F)cc(CCc3ccc(CC)c(F)c3F)c(F)c2F)CC1. The van der Waals surface area contributed by atoms with Crippen molar-refractivity contribution in [2.75, 3.05) is 0 Å². The average Bonchev–Trinajstić information content (AvgIpc) is 2.79. The molecule has 1 saturated carbocycles. The van der Waals surface area contributed by atoms with E-state index in [1.54, 1.807) is 6.92 Å². The first-order valence-corrected chi connectivity index (χ1v) is 12.0. The fourth-order valence-electron chi connectivity index (χ4n) is 5.00. The van der Waals surface area contributed by atoms with E-state index in [9.17, 15) is 22.0 Å². The van der Waals surface area contributed by atoms with Crippen molar-refractivity contribution in [3.63, 3.8) is 0 Å². The van der Waals surface area contributed by atoms with Crippen molar-refractivity contribution in [2.45, 2.75) is 90.4 Å². The van der Waals surface area contributed by atoms with Crippen LogP contribution in [0.5, 0.6) is 0 Å². The highest BCUT2D eigenvalue weighted by Gasteiger charge is 2.29. The maximum absolute atomic E-state index is 14.9. The third-order valence-corrected chi connectivity index (χ3v) is 7.03. The van der Waals surface area contributed by atoms with Gasteiger partial charge < -0.3 is 0 Å². The average molecular weight is 453 g/mol. The van der Waals surface area contributed by atoms with Crippen LogP contribution in [0.1, 0.15) is 93.4 Å².